The van der Waals surface area contributed by atoms with Gasteiger partial charge in [0.25, 0.3) is 0 Å². The van der Waals surface area contributed by atoms with Crippen LogP contribution in [-0.2, 0) is 4.79 Å². The number of aromatic nitrogens is 1. The minimum atomic E-state index is -1.07. The first-order chi connectivity index (χ1) is 9.08. The van der Waals surface area contributed by atoms with Crippen LogP contribution in [0.25, 0.3) is 0 Å². The highest BCUT2D eigenvalue weighted by Gasteiger charge is 2.28. The van der Waals surface area contributed by atoms with Gasteiger partial charge in [0.15, 0.2) is 0 Å². The van der Waals surface area contributed by atoms with Gasteiger partial charge in [0.05, 0.1) is 11.3 Å². The highest BCUT2D eigenvalue weighted by atomic mass is 16.4. The zero-order chi connectivity index (χ0) is 13.8. The molecule has 1 aromatic rings. The molecule has 1 amide bonds. The highest BCUT2D eigenvalue weighted by Crippen LogP contribution is 2.28. The molecule has 0 unspecified atom stereocenters. The maximum absolute atomic E-state index is 11.4. The number of aromatic carboxylic acids is 1. The van der Waals surface area contributed by atoms with Gasteiger partial charge in [0.2, 0.25) is 5.91 Å². The first-order valence-corrected chi connectivity index (χ1v) is 6.08. The second-order valence-corrected chi connectivity index (χ2v) is 4.46. The summed E-state index contributed by atoms with van der Waals surface area (Å²) < 4.78 is 0. The van der Waals surface area contributed by atoms with Crippen molar-refractivity contribution in [3.8, 4) is 0 Å². The molecule has 0 aromatic carbocycles. The first kappa shape index (κ1) is 13.1. The number of pyridine rings is 1. The number of carbonyl (C=O) groups excluding carboxylic acids is 1. The molecule has 2 rings (SSSR count). The van der Waals surface area contributed by atoms with E-state index in [1.165, 1.54) is 12.3 Å². The van der Waals surface area contributed by atoms with Gasteiger partial charge in [-0.05, 0) is 18.9 Å². The van der Waals surface area contributed by atoms with Crippen LogP contribution in [0.3, 0.4) is 0 Å². The number of nitrogens with two attached hydrogens (primary N) is 1. The maximum Gasteiger partial charge on any atom is 0.337 e. The summed E-state index contributed by atoms with van der Waals surface area (Å²) >= 11 is 0. The Morgan fingerprint density at radius 3 is 2.74 bits per heavy atom. The van der Waals surface area contributed by atoms with Crippen LogP contribution in [-0.4, -0.2) is 35.1 Å². The van der Waals surface area contributed by atoms with Crippen molar-refractivity contribution >= 4 is 23.4 Å². The van der Waals surface area contributed by atoms with Crippen LogP contribution in [0.1, 0.15) is 23.2 Å². The molecule has 1 saturated carbocycles. The minimum absolute atomic E-state index is 0.0464. The SMILES string of the molecule is Nc1cc(C(=O)O)cnc1NCCNC(=O)C1CC1. The average molecular weight is 264 g/mol. The zero-order valence-corrected chi connectivity index (χ0v) is 10.3. The smallest absolute Gasteiger partial charge is 0.337 e. The summed E-state index contributed by atoms with van der Waals surface area (Å²) in [5.74, 6) is -0.366. The van der Waals surface area contributed by atoms with Crippen molar-refractivity contribution in [2.75, 3.05) is 24.1 Å². The monoisotopic (exact) mass is 264 g/mol. The van der Waals surface area contributed by atoms with E-state index in [2.05, 4.69) is 15.6 Å². The fourth-order valence-electron chi connectivity index (χ4n) is 1.60. The third kappa shape index (κ3) is 3.57. The molecular formula is C12H16N4O3. The van der Waals surface area contributed by atoms with E-state index in [9.17, 15) is 9.59 Å². The molecule has 102 valence electrons. The Hall–Kier alpha value is -2.31. The van der Waals surface area contributed by atoms with Gasteiger partial charge in [-0.15, -0.1) is 0 Å². The molecular weight excluding hydrogens is 248 g/mol. The van der Waals surface area contributed by atoms with Crippen LogP contribution in [0.2, 0.25) is 0 Å². The van der Waals surface area contributed by atoms with Crippen LogP contribution in [0.4, 0.5) is 11.5 Å². The molecule has 0 bridgehead atoms. The van der Waals surface area contributed by atoms with Crippen molar-refractivity contribution in [1.82, 2.24) is 10.3 Å². The summed E-state index contributed by atoms with van der Waals surface area (Å²) in [7, 11) is 0. The predicted octanol–water partition coefficient (Wildman–Crippen LogP) is 0.300. The van der Waals surface area contributed by atoms with Crippen molar-refractivity contribution in [3.05, 3.63) is 17.8 Å². The number of carbonyl (C=O) groups is 2. The molecule has 1 fully saturated rings. The number of hydrogen-bond donors (Lipinski definition) is 4. The number of carboxylic acid groups (broad SMARTS) is 1. The number of nitrogen functional groups attached to an aromatic ring is 1. The fourth-order valence-corrected chi connectivity index (χ4v) is 1.60. The van der Waals surface area contributed by atoms with Gasteiger partial charge < -0.3 is 21.5 Å². The molecule has 0 radical (unpaired) electrons. The predicted molar refractivity (Wildman–Crippen MR) is 69.8 cm³/mol. The van der Waals surface area contributed by atoms with Crippen LogP contribution < -0.4 is 16.4 Å². The number of nitrogens with one attached hydrogen (secondary N) is 2. The van der Waals surface area contributed by atoms with Gasteiger partial charge in [-0.25, -0.2) is 9.78 Å². The second kappa shape index (κ2) is 5.55. The van der Waals surface area contributed by atoms with E-state index in [-0.39, 0.29) is 23.1 Å². The fraction of sp³-hybridized carbons (Fsp3) is 0.417. The Bertz CT molecular complexity index is 500. The molecule has 0 aliphatic heterocycles. The van der Waals surface area contributed by atoms with Crippen molar-refractivity contribution in [1.29, 1.82) is 0 Å². The summed E-state index contributed by atoms with van der Waals surface area (Å²) in [6.07, 6.45) is 3.19. The average Bonchev–Trinajstić information content (AvgIpc) is 3.19. The summed E-state index contributed by atoms with van der Waals surface area (Å²) in [4.78, 5) is 26.0. The molecule has 7 heteroatoms. The lowest BCUT2D eigenvalue weighted by Crippen LogP contribution is -2.30. The maximum atomic E-state index is 11.4. The quantitative estimate of drug-likeness (QED) is 0.549. The summed E-state index contributed by atoms with van der Waals surface area (Å²) in [5.41, 5.74) is 6.00. The number of rotatable bonds is 6. The molecule has 7 nitrogen and oxygen atoms in total. The van der Waals surface area contributed by atoms with E-state index in [0.717, 1.165) is 12.8 Å². The Kier molecular flexibility index (Phi) is 3.84. The van der Waals surface area contributed by atoms with Crippen molar-refractivity contribution in [2.45, 2.75) is 12.8 Å². The van der Waals surface area contributed by atoms with E-state index in [1.807, 2.05) is 0 Å². The summed E-state index contributed by atoms with van der Waals surface area (Å²) in [5, 5.41) is 14.5. The Balaban J connectivity index is 1.79. The lowest BCUT2D eigenvalue weighted by Gasteiger charge is -2.09. The number of anilines is 2. The summed E-state index contributed by atoms with van der Waals surface area (Å²) in [6.45, 7) is 0.971. The molecule has 1 aliphatic carbocycles. The van der Waals surface area contributed by atoms with Crippen molar-refractivity contribution < 1.29 is 14.7 Å². The second-order valence-electron chi connectivity index (χ2n) is 4.46. The molecule has 19 heavy (non-hydrogen) atoms. The van der Waals surface area contributed by atoms with Crippen LogP contribution in [0.5, 0.6) is 0 Å². The molecule has 0 atom stereocenters. The number of nitrogens with zero attached hydrogens (tertiary/aromatic N) is 1. The van der Waals surface area contributed by atoms with Crippen molar-refractivity contribution in [3.63, 3.8) is 0 Å². The standard InChI is InChI=1S/C12H16N4O3/c13-9-5-8(12(18)19)6-16-10(9)14-3-4-15-11(17)7-1-2-7/h5-7H,1-4,13H2,(H,14,16)(H,15,17)(H,18,19). The third-order valence-corrected chi connectivity index (χ3v) is 2.83. The van der Waals surface area contributed by atoms with E-state index >= 15 is 0 Å². The van der Waals surface area contributed by atoms with Crippen LogP contribution >= 0.6 is 0 Å². The van der Waals surface area contributed by atoms with Crippen LogP contribution in [0.15, 0.2) is 12.3 Å². The largest absolute Gasteiger partial charge is 0.478 e. The van der Waals surface area contributed by atoms with Gasteiger partial charge in [0.1, 0.15) is 5.82 Å². The molecule has 1 aliphatic rings. The van der Waals surface area contributed by atoms with Gasteiger partial charge >= 0.3 is 5.97 Å². The van der Waals surface area contributed by atoms with Crippen molar-refractivity contribution in [2.24, 2.45) is 5.92 Å². The van der Waals surface area contributed by atoms with Gasteiger partial charge in [-0.3, -0.25) is 4.79 Å². The molecule has 0 saturated heterocycles. The number of amides is 1. The number of hydrogen-bond acceptors (Lipinski definition) is 5. The zero-order valence-electron chi connectivity index (χ0n) is 10.3. The molecule has 1 heterocycles. The van der Waals surface area contributed by atoms with Gasteiger partial charge in [0, 0.05) is 25.2 Å². The van der Waals surface area contributed by atoms with Gasteiger partial charge in [-0.1, -0.05) is 0 Å². The molecule has 5 N–H and O–H groups in total. The topological polar surface area (TPSA) is 117 Å². The minimum Gasteiger partial charge on any atom is -0.478 e. The summed E-state index contributed by atoms with van der Waals surface area (Å²) in [6, 6.07) is 1.35. The van der Waals surface area contributed by atoms with E-state index in [0.29, 0.717) is 18.9 Å². The van der Waals surface area contributed by atoms with E-state index < -0.39 is 5.97 Å². The number of carboxylic acids is 1. The molecule has 0 spiro atoms. The van der Waals surface area contributed by atoms with E-state index in [1.54, 1.807) is 0 Å². The lowest BCUT2D eigenvalue weighted by atomic mass is 10.2. The van der Waals surface area contributed by atoms with Gasteiger partial charge in [-0.2, -0.15) is 0 Å². The molecule has 1 aromatic heterocycles. The van der Waals surface area contributed by atoms with Crippen LogP contribution in [0, 0.1) is 5.92 Å². The first-order valence-electron chi connectivity index (χ1n) is 6.08. The normalized spacial score (nSPS) is 13.9. The lowest BCUT2D eigenvalue weighted by molar-refractivity contribution is -0.122. The van der Waals surface area contributed by atoms with E-state index in [4.69, 9.17) is 10.8 Å². The Morgan fingerprint density at radius 1 is 1.42 bits per heavy atom. The Labute approximate surface area is 110 Å². The third-order valence-electron chi connectivity index (χ3n) is 2.83. The Morgan fingerprint density at radius 2 is 2.16 bits per heavy atom. The highest BCUT2D eigenvalue weighted by molar-refractivity contribution is 5.89.